The van der Waals surface area contributed by atoms with Crippen molar-refractivity contribution in [3.05, 3.63) is 106 Å². The van der Waals surface area contributed by atoms with E-state index in [9.17, 15) is 14.4 Å². The van der Waals surface area contributed by atoms with E-state index in [2.05, 4.69) is 10.6 Å². The summed E-state index contributed by atoms with van der Waals surface area (Å²) >= 11 is 0. The number of anilines is 2. The van der Waals surface area contributed by atoms with Crippen LogP contribution >= 0.6 is 0 Å². The van der Waals surface area contributed by atoms with Gasteiger partial charge < -0.3 is 15.1 Å². The molecule has 1 aromatic heterocycles. The van der Waals surface area contributed by atoms with Crippen molar-refractivity contribution in [3.63, 3.8) is 0 Å². The quantitative estimate of drug-likeness (QED) is 0.356. The molecule has 0 atom stereocenters. The Kier molecular flexibility index (Phi) is 7.18. The third-order valence-corrected chi connectivity index (χ3v) is 5.60. The molecule has 4 aromatic rings. The molecule has 0 aliphatic carbocycles. The zero-order chi connectivity index (χ0) is 23.9. The summed E-state index contributed by atoms with van der Waals surface area (Å²) in [5, 5.41) is 6.60. The average molecular weight is 455 g/mol. The van der Waals surface area contributed by atoms with E-state index in [4.69, 9.17) is 4.42 Å². The first-order valence-corrected chi connectivity index (χ1v) is 11.2. The lowest BCUT2D eigenvalue weighted by Gasteiger charge is -2.08. The first kappa shape index (κ1) is 23.0. The van der Waals surface area contributed by atoms with E-state index in [1.54, 1.807) is 12.1 Å². The predicted octanol–water partition coefficient (Wildman–Crippen LogP) is 5.24. The first-order valence-electron chi connectivity index (χ1n) is 11.2. The maximum Gasteiger partial charge on any atom is 0.336 e. The molecule has 4 rings (SSSR count). The van der Waals surface area contributed by atoms with Crippen LogP contribution in [-0.2, 0) is 22.4 Å². The molecule has 0 saturated carbocycles. The molecule has 0 aliphatic heterocycles. The monoisotopic (exact) mass is 454 g/mol. The molecular weight excluding hydrogens is 428 g/mol. The van der Waals surface area contributed by atoms with Crippen molar-refractivity contribution in [2.24, 2.45) is 0 Å². The van der Waals surface area contributed by atoms with E-state index in [0.717, 1.165) is 27.8 Å². The number of nitrogens with one attached hydrogen (secondary N) is 2. The summed E-state index contributed by atoms with van der Waals surface area (Å²) in [5.74, 6) is -0.162. The zero-order valence-electron chi connectivity index (χ0n) is 19.0. The molecule has 0 unspecified atom stereocenters. The number of amides is 2. The molecule has 0 aliphatic rings. The minimum absolute atomic E-state index is 0.0302. The van der Waals surface area contributed by atoms with E-state index in [1.165, 1.54) is 6.07 Å². The van der Waals surface area contributed by atoms with E-state index < -0.39 is 5.63 Å². The van der Waals surface area contributed by atoms with Crippen LogP contribution < -0.4 is 16.3 Å². The van der Waals surface area contributed by atoms with Gasteiger partial charge in [0.2, 0.25) is 11.8 Å². The molecule has 34 heavy (non-hydrogen) atoms. The molecular formula is C28H26N2O4. The molecule has 172 valence electrons. The number of rotatable bonds is 8. The van der Waals surface area contributed by atoms with Crippen LogP contribution in [0.3, 0.4) is 0 Å². The second kappa shape index (κ2) is 10.6. The molecule has 0 radical (unpaired) electrons. The van der Waals surface area contributed by atoms with Gasteiger partial charge in [-0.1, -0.05) is 42.5 Å². The third-order valence-electron chi connectivity index (χ3n) is 5.60. The van der Waals surface area contributed by atoms with Gasteiger partial charge in [0, 0.05) is 41.7 Å². The average Bonchev–Trinajstić information content (AvgIpc) is 2.82. The Morgan fingerprint density at radius 2 is 1.32 bits per heavy atom. The standard InChI is InChI=1S/C28H26N2O4/c1-19-17-28(33)34-25-18-23(13-14-24(19)25)30-27(32)16-10-21-7-11-22(12-8-21)29-26(31)15-9-20-5-3-2-4-6-20/h2-8,11-14,17-18H,9-10,15-16H2,1H3,(H,29,31)(H,30,32). The van der Waals surface area contributed by atoms with Crippen molar-refractivity contribution in [2.75, 3.05) is 10.6 Å². The zero-order valence-corrected chi connectivity index (χ0v) is 19.0. The fourth-order valence-corrected chi connectivity index (χ4v) is 3.76. The number of carbonyl (C=O) groups excluding carboxylic acids is 2. The molecule has 0 saturated heterocycles. The van der Waals surface area contributed by atoms with E-state index in [0.29, 0.717) is 37.0 Å². The summed E-state index contributed by atoms with van der Waals surface area (Å²) in [5.41, 5.74) is 4.32. The minimum Gasteiger partial charge on any atom is -0.423 e. The molecule has 2 amide bonds. The largest absolute Gasteiger partial charge is 0.423 e. The fourth-order valence-electron chi connectivity index (χ4n) is 3.76. The van der Waals surface area contributed by atoms with Gasteiger partial charge in [-0.15, -0.1) is 0 Å². The predicted molar refractivity (Wildman–Crippen MR) is 134 cm³/mol. The molecule has 2 N–H and O–H groups in total. The van der Waals surface area contributed by atoms with Crippen molar-refractivity contribution in [3.8, 4) is 0 Å². The van der Waals surface area contributed by atoms with Gasteiger partial charge in [-0.25, -0.2) is 4.79 Å². The number of aryl methyl sites for hydroxylation is 3. The van der Waals surface area contributed by atoms with Gasteiger partial charge in [-0.2, -0.15) is 0 Å². The summed E-state index contributed by atoms with van der Waals surface area (Å²) in [6.07, 6.45) is 1.99. The van der Waals surface area contributed by atoms with E-state index in [1.807, 2.05) is 67.6 Å². The number of carbonyl (C=O) groups is 2. The fraction of sp³-hybridized carbons (Fsp3) is 0.179. The van der Waals surface area contributed by atoms with E-state index >= 15 is 0 Å². The Hall–Kier alpha value is -4.19. The number of hydrogen-bond acceptors (Lipinski definition) is 4. The number of fused-ring (bicyclic) bond motifs is 1. The van der Waals surface area contributed by atoms with Crippen LogP contribution in [0.2, 0.25) is 0 Å². The van der Waals surface area contributed by atoms with Crippen molar-refractivity contribution in [1.82, 2.24) is 0 Å². The molecule has 6 nitrogen and oxygen atoms in total. The molecule has 0 spiro atoms. The lowest BCUT2D eigenvalue weighted by Crippen LogP contribution is -2.13. The van der Waals surface area contributed by atoms with Crippen molar-refractivity contribution >= 4 is 34.2 Å². The highest BCUT2D eigenvalue weighted by molar-refractivity contribution is 5.94. The highest BCUT2D eigenvalue weighted by Gasteiger charge is 2.08. The van der Waals surface area contributed by atoms with E-state index in [-0.39, 0.29) is 11.8 Å². The highest BCUT2D eigenvalue weighted by Crippen LogP contribution is 2.21. The Balaban J connectivity index is 1.26. The molecule has 6 heteroatoms. The first-order chi connectivity index (χ1) is 16.5. The third kappa shape index (κ3) is 6.19. The Morgan fingerprint density at radius 1 is 0.735 bits per heavy atom. The van der Waals surface area contributed by atoms with Gasteiger partial charge in [-0.05, 0) is 60.7 Å². The second-order valence-electron chi connectivity index (χ2n) is 8.24. The minimum atomic E-state index is -0.413. The van der Waals surface area contributed by atoms with Gasteiger partial charge in [0.1, 0.15) is 5.58 Å². The SMILES string of the molecule is Cc1cc(=O)oc2cc(NC(=O)CCc3ccc(NC(=O)CCc4ccccc4)cc3)ccc12. The highest BCUT2D eigenvalue weighted by atomic mass is 16.4. The maximum atomic E-state index is 12.4. The molecule has 3 aromatic carbocycles. The molecule has 0 fully saturated rings. The topological polar surface area (TPSA) is 88.4 Å². The molecule has 0 bridgehead atoms. The Labute approximate surface area is 197 Å². The second-order valence-corrected chi connectivity index (χ2v) is 8.24. The van der Waals surface area contributed by atoms with Crippen LogP contribution in [0, 0.1) is 6.92 Å². The van der Waals surface area contributed by atoms with Crippen LogP contribution in [0.25, 0.3) is 11.0 Å². The van der Waals surface area contributed by atoms with Crippen molar-refractivity contribution in [1.29, 1.82) is 0 Å². The lowest BCUT2D eigenvalue weighted by molar-refractivity contribution is -0.117. The van der Waals surface area contributed by atoms with Crippen LogP contribution in [0.15, 0.2) is 88.1 Å². The normalized spacial score (nSPS) is 10.7. The molecule has 1 heterocycles. The van der Waals surface area contributed by atoms with Gasteiger partial charge in [-0.3, -0.25) is 9.59 Å². The number of benzene rings is 3. The summed E-state index contributed by atoms with van der Waals surface area (Å²) < 4.78 is 5.23. The van der Waals surface area contributed by atoms with Crippen molar-refractivity contribution < 1.29 is 14.0 Å². The van der Waals surface area contributed by atoms with Crippen molar-refractivity contribution in [2.45, 2.75) is 32.6 Å². The van der Waals surface area contributed by atoms with Gasteiger partial charge in [0.25, 0.3) is 0 Å². The van der Waals surface area contributed by atoms with Crippen LogP contribution in [0.4, 0.5) is 11.4 Å². The lowest BCUT2D eigenvalue weighted by atomic mass is 10.1. The van der Waals surface area contributed by atoms with Gasteiger partial charge >= 0.3 is 5.63 Å². The summed E-state index contributed by atoms with van der Waals surface area (Å²) in [7, 11) is 0. The Bertz CT molecular complexity index is 1360. The summed E-state index contributed by atoms with van der Waals surface area (Å²) in [6.45, 7) is 1.85. The van der Waals surface area contributed by atoms with Crippen LogP contribution in [0.5, 0.6) is 0 Å². The van der Waals surface area contributed by atoms with Gasteiger partial charge in [0.15, 0.2) is 0 Å². The summed E-state index contributed by atoms with van der Waals surface area (Å²) in [6, 6.07) is 24.2. The maximum absolute atomic E-state index is 12.4. The van der Waals surface area contributed by atoms with Gasteiger partial charge in [0.05, 0.1) is 0 Å². The Morgan fingerprint density at radius 3 is 2.00 bits per heavy atom. The smallest absolute Gasteiger partial charge is 0.336 e. The van der Waals surface area contributed by atoms with Crippen LogP contribution in [-0.4, -0.2) is 11.8 Å². The summed E-state index contributed by atoms with van der Waals surface area (Å²) in [4.78, 5) is 36.2. The van der Waals surface area contributed by atoms with Crippen LogP contribution in [0.1, 0.15) is 29.5 Å². The number of hydrogen-bond donors (Lipinski definition) is 2.